The number of carbonyl (C=O) groups excluding carboxylic acids is 1. The molecule has 150 valence electrons. The lowest BCUT2D eigenvalue weighted by Gasteiger charge is -2.13. The average Bonchev–Trinajstić information content (AvgIpc) is 3.09. The second-order valence-electron chi connectivity index (χ2n) is 6.49. The average molecular weight is 428 g/mol. The number of benzene rings is 2. The van der Waals surface area contributed by atoms with Gasteiger partial charge in [-0.1, -0.05) is 35.5 Å². The van der Waals surface area contributed by atoms with Gasteiger partial charge < -0.3 is 10.2 Å². The lowest BCUT2D eigenvalue weighted by Crippen LogP contribution is -2.14. The van der Waals surface area contributed by atoms with Gasteiger partial charge >= 0.3 is 0 Å². The molecule has 0 spiro atoms. The number of thioether (sulfide) groups is 1. The summed E-state index contributed by atoms with van der Waals surface area (Å²) in [6, 6.07) is 15.2. The zero-order valence-corrected chi connectivity index (χ0v) is 17.9. The fraction of sp³-hybridized carbons (Fsp3) is 0.190. The van der Waals surface area contributed by atoms with Crippen LogP contribution in [0, 0.1) is 0 Å². The first-order valence-corrected chi connectivity index (χ1v) is 10.3. The fourth-order valence-corrected chi connectivity index (χ4v) is 3.64. The molecule has 0 saturated carbocycles. The molecule has 3 rings (SSSR count). The van der Waals surface area contributed by atoms with Gasteiger partial charge in [0.25, 0.3) is 0 Å². The van der Waals surface area contributed by atoms with Crippen molar-refractivity contribution in [3.63, 3.8) is 0 Å². The number of hydrogen-bond acceptors (Lipinski definition) is 5. The first-order chi connectivity index (χ1) is 14.0. The van der Waals surface area contributed by atoms with Gasteiger partial charge in [-0.15, -0.1) is 16.8 Å². The van der Waals surface area contributed by atoms with Gasteiger partial charge in [0, 0.05) is 42.6 Å². The predicted octanol–water partition coefficient (Wildman–Crippen LogP) is 4.58. The quantitative estimate of drug-likeness (QED) is 0.421. The van der Waals surface area contributed by atoms with Crippen molar-refractivity contribution in [1.82, 2.24) is 14.8 Å². The van der Waals surface area contributed by atoms with E-state index in [-0.39, 0.29) is 11.7 Å². The van der Waals surface area contributed by atoms with E-state index < -0.39 is 0 Å². The summed E-state index contributed by atoms with van der Waals surface area (Å²) in [4.78, 5) is 14.3. The van der Waals surface area contributed by atoms with E-state index in [0.717, 1.165) is 17.1 Å². The van der Waals surface area contributed by atoms with Crippen LogP contribution < -0.4 is 10.2 Å². The zero-order valence-electron chi connectivity index (χ0n) is 16.3. The number of halogens is 1. The topological polar surface area (TPSA) is 63.1 Å². The lowest BCUT2D eigenvalue weighted by atomic mass is 10.2. The Balaban J connectivity index is 1.72. The minimum Gasteiger partial charge on any atom is -0.378 e. The SMILES string of the molecule is C=CCn1c(SCC(=O)Nc2cccc(Cl)c2)nnc1-c1ccc(N(C)C)cc1. The minimum atomic E-state index is -0.137. The maximum atomic E-state index is 12.3. The number of allylic oxidation sites excluding steroid dienone is 1. The summed E-state index contributed by atoms with van der Waals surface area (Å²) in [7, 11) is 4.00. The highest BCUT2D eigenvalue weighted by Crippen LogP contribution is 2.26. The van der Waals surface area contributed by atoms with Gasteiger partial charge in [0.15, 0.2) is 11.0 Å². The Morgan fingerprint density at radius 1 is 1.24 bits per heavy atom. The van der Waals surface area contributed by atoms with E-state index in [9.17, 15) is 4.79 Å². The summed E-state index contributed by atoms with van der Waals surface area (Å²) < 4.78 is 1.95. The summed E-state index contributed by atoms with van der Waals surface area (Å²) in [5.74, 6) is 0.816. The molecule has 1 heterocycles. The normalized spacial score (nSPS) is 10.6. The number of amides is 1. The monoisotopic (exact) mass is 427 g/mol. The highest BCUT2D eigenvalue weighted by molar-refractivity contribution is 7.99. The number of hydrogen-bond donors (Lipinski definition) is 1. The van der Waals surface area contributed by atoms with Crippen molar-refractivity contribution >= 4 is 40.6 Å². The Morgan fingerprint density at radius 2 is 2.00 bits per heavy atom. The molecule has 8 heteroatoms. The van der Waals surface area contributed by atoms with E-state index in [2.05, 4.69) is 22.1 Å². The molecule has 0 radical (unpaired) electrons. The molecule has 0 aliphatic rings. The van der Waals surface area contributed by atoms with E-state index in [4.69, 9.17) is 11.6 Å². The number of anilines is 2. The lowest BCUT2D eigenvalue weighted by molar-refractivity contribution is -0.113. The van der Waals surface area contributed by atoms with Crippen molar-refractivity contribution < 1.29 is 4.79 Å². The van der Waals surface area contributed by atoms with Gasteiger partial charge in [-0.05, 0) is 42.5 Å². The highest BCUT2D eigenvalue weighted by atomic mass is 35.5. The third kappa shape index (κ3) is 5.40. The van der Waals surface area contributed by atoms with Crippen LogP contribution in [0.1, 0.15) is 0 Å². The molecule has 0 saturated heterocycles. The largest absolute Gasteiger partial charge is 0.378 e. The third-order valence-corrected chi connectivity index (χ3v) is 5.31. The standard InChI is InChI=1S/C21H22ClN5OS/c1-4-12-27-20(15-8-10-18(11-9-15)26(2)3)24-25-21(27)29-14-19(28)23-17-7-5-6-16(22)13-17/h4-11,13H,1,12,14H2,2-3H3,(H,23,28). The number of carbonyl (C=O) groups is 1. The Morgan fingerprint density at radius 3 is 2.66 bits per heavy atom. The zero-order chi connectivity index (χ0) is 20.8. The van der Waals surface area contributed by atoms with Gasteiger partial charge in [0.2, 0.25) is 5.91 Å². The molecule has 1 N–H and O–H groups in total. The second kappa shape index (κ2) is 9.62. The number of rotatable bonds is 8. The van der Waals surface area contributed by atoms with Crippen molar-refractivity contribution in [2.75, 3.05) is 30.1 Å². The molecule has 0 atom stereocenters. The van der Waals surface area contributed by atoms with Crippen LogP contribution in [0.2, 0.25) is 5.02 Å². The van der Waals surface area contributed by atoms with Crippen molar-refractivity contribution in [1.29, 1.82) is 0 Å². The molecule has 0 bridgehead atoms. The van der Waals surface area contributed by atoms with Crippen LogP contribution in [-0.4, -0.2) is 40.5 Å². The molecular weight excluding hydrogens is 406 g/mol. The van der Waals surface area contributed by atoms with Crippen LogP contribution in [0.3, 0.4) is 0 Å². The van der Waals surface area contributed by atoms with Gasteiger partial charge in [-0.25, -0.2) is 0 Å². The molecule has 2 aromatic carbocycles. The van der Waals surface area contributed by atoms with Crippen LogP contribution >= 0.6 is 23.4 Å². The Bertz CT molecular complexity index is 1000. The van der Waals surface area contributed by atoms with Crippen LogP contribution in [0.5, 0.6) is 0 Å². The number of nitrogens with zero attached hydrogens (tertiary/aromatic N) is 4. The van der Waals surface area contributed by atoms with Gasteiger partial charge in [-0.2, -0.15) is 0 Å². The van der Waals surface area contributed by atoms with Crippen LogP contribution in [0.15, 0.2) is 66.3 Å². The molecule has 0 unspecified atom stereocenters. The Hall–Kier alpha value is -2.77. The van der Waals surface area contributed by atoms with E-state index in [0.29, 0.717) is 22.4 Å². The van der Waals surface area contributed by atoms with Crippen LogP contribution in [0.4, 0.5) is 11.4 Å². The summed E-state index contributed by atoms with van der Waals surface area (Å²) in [6.45, 7) is 4.38. The molecule has 3 aromatic rings. The van der Waals surface area contributed by atoms with E-state index in [1.54, 1.807) is 30.3 Å². The second-order valence-corrected chi connectivity index (χ2v) is 7.87. The fourth-order valence-electron chi connectivity index (χ4n) is 2.70. The minimum absolute atomic E-state index is 0.137. The van der Waals surface area contributed by atoms with Crippen molar-refractivity contribution in [2.24, 2.45) is 0 Å². The maximum Gasteiger partial charge on any atom is 0.234 e. The third-order valence-electron chi connectivity index (χ3n) is 4.11. The summed E-state index contributed by atoms with van der Waals surface area (Å²) in [5, 5.41) is 12.7. The Kier molecular flexibility index (Phi) is 6.95. The van der Waals surface area contributed by atoms with Gasteiger partial charge in [0.1, 0.15) is 0 Å². The molecule has 0 aliphatic heterocycles. The highest BCUT2D eigenvalue weighted by Gasteiger charge is 2.15. The molecule has 0 fully saturated rings. The van der Waals surface area contributed by atoms with Crippen molar-refractivity contribution in [3.05, 3.63) is 66.2 Å². The molecule has 1 amide bonds. The smallest absolute Gasteiger partial charge is 0.234 e. The summed E-state index contributed by atoms with van der Waals surface area (Å²) >= 11 is 7.29. The van der Waals surface area contributed by atoms with Crippen LogP contribution in [-0.2, 0) is 11.3 Å². The van der Waals surface area contributed by atoms with Crippen LogP contribution in [0.25, 0.3) is 11.4 Å². The predicted molar refractivity (Wildman–Crippen MR) is 121 cm³/mol. The molecule has 0 aliphatic carbocycles. The van der Waals surface area contributed by atoms with Crippen molar-refractivity contribution in [2.45, 2.75) is 11.7 Å². The Labute approximate surface area is 179 Å². The van der Waals surface area contributed by atoms with Gasteiger partial charge in [-0.3, -0.25) is 9.36 Å². The summed E-state index contributed by atoms with van der Waals surface area (Å²) in [5.41, 5.74) is 2.73. The molecule has 6 nitrogen and oxygen atoms in total. The first-order valence-electron chi connectivity index (χ1n) is 8.98. The van der Waals surface area contributed by atoms with E-state index >= 15 is 0 Å². The van der Waals surface area contributed by atoms with Crippen molar-refractivity contribution in [3.8, 4) is 11.4 Å². The molecule has 1 aromatic heterocycles. The molecule has 29 heavy (non-hydrogen) atoms. The summed E-state index contributed by atoms with van der Waals surface area (Å²) in [6.07, 6.45) is 1.79. The van der Waals surface area contributed by atoms with E-state index in [1.807, 2.05) is 47.8 Å². The number of nitrogens with one attached hydrogen (secondary N) is 1. The van der Waals surface area contributed by atoms with Gasteiger partial charge in [0.05, 0.1) is 5.75 Å². The first kappa shape index (κ1) is 21.0. The molecular formula is C21H22ClN5OS. The van der Waals surface area contributed by atoms with E-state index in [1.165, 1.54) is 11.8 Å². The maximum absolute atomic E-state index is 12.3. The number of aromatic nitrogens is 3.